The van der Waals surface area contributed by atoms with E-state index in [-0.39, 0.29) is 28.1 Å². The van der Waals surface area contributed by atoms with E-state index in [1.807, 2.05) is 0 Å². The van der Waals surface area contributed by atoms with Gasteiger partial charge in [0.25, 0.3) is 0 Å². The van der Waals surface area contributed by atoms with Crippen molar-refractivity contribution in [1.29, 1.82) is 0 Å². The maximum absolute atomic E-state index is 13.8. The second-order valence-corrected chi connectivity index (χ2v) is 9.70. The monoisotopic (exact) mass is 453 g/mol. The van der Waals surface area contributed by atoms with Gasteiger partial charge in [-0.15, -0.1) is 0 Å². The number of hydrogen-bond acceptors (Lipinski definition) is 6. The molecule has 0 radical (unpaired) electrons. The average Bonchev–Trinajstić information content (AvgIpc) is 3.04. The minimum Gasteiger partial charge on any atom is -0.350 e. The van der Waals surface area contributed by atoms with Crippen LogP contribution in [0.3, 0.4) is 0 Å². The van der Waals surface area contributed by atoms with Crippen LogP contribution in [0, 0.1) is 0 Å². The van der Waals surface area contributed by atoms with E-state index in [0.29, 0.717) is 17.4 Å². The molecule has 11 heteroatoms. The van der Waals surface area contributed by atoms with E-state index >= 15 is 0 Å². The second kappa shape index (κ2) is 7.79. The van der Waals surface area contributed by atoms with Crippen LogP contribution in [0.15, 0.2) is 35.5 Å². The number of piperidine rings is 1. The van der Waals surface area contributed by atoms with Crippen LogP contribution in [0.5, 0.6) is 0 Å². The molecule has 3 heterocycles. The van der Waals surface area contributed by atoms with Crippen LogP contribution in [0.1, 0.15) is 18.4 Å². The van der Waals surface area contributed by atoms with Crippen LogP contribution in [0.4, 0.5) is 19.1 Å². The van der Waals surface area contributed by atoms with Gasteiger partial charge in [-0.3, -0.25) is 0 Å². The Kier molecular flexibility index (Phi) is 5.42. The molecule has 4 rings (SSSR count). The summed E-state index contributed by atoms with van der Waals surface area (Å²) in [6.07, 6.45) is 0.460. The molecular weight excluding hydrogens is 431 g/mol. The summed E-state index contributed by atoms with van der Waals surface area (Å²) in [4.78, 5) is 8.17. The zero-order valence-electron chi connectivity index (χ0n) is 17.0. The molecule has 1 atom stereocenters. The number of hydrogen-bond donors (Lipinski definition) is 2. The number of halogens is 3. The highest BCUT2D eigenvalue weighted by Gasteiger charge is 2.36. The Balaban J connectivity index is 1.90. The van der Waals surface area contributed by atoms with Crippen LogP contribution >= 0.6 is 0 Å². The largest absolute Gasteiger partial charge is 0.419 e. The second-order valence-electron chi connectivity index (χ2n) is 7.72. The van der Waals surface area contributed by atoms with Crippen molar-refractivity contribution in [2.24, 2.45) is 7.05 Å². The van der Waals surface area contributed by atoms with E-state index in [9.17, 15) is 21.6 Å². The van der Waals surface area contributed by atoms with Gasteiger partial charge in [-0.05, 0) is 25.5 Å². The van der Waals surface area contributed by atoms with Gasteiger partial charge in [0.2, 0.25) is 5.95 Å². The number of sulfone groups is 1. The third kappa shape index (κ3) is 4.24. The van der Waals surface area contributed by atoms with Gasteiger partial charge in [0.1, 0.15) is 5.56 Å². The Labute approximate surface area is 177 Å². The van der Waals surface area contributed by atoms with Crippen molar-refractivity contribution in [3.8, 4) is 11.3 Å². The Hall–Kier alpha value is -2.66. The normalized spacial score (nSPS) is 17.8. The standard InChI is InChI=1S/C20H22F3N5O2S/c1-28-11-14(13-6-3-7-16(18(13)28)31(2,29)30)17-15(20(21,22)23)10-25-19(27-17)26-12-5-4-8-24-9-12/h3,6-7,10-12,24H,4-5,8-9H2,1-2H3,(H,25,26,27)/t12-/m0/s1. The lowest BCUT2D eigenvalue weighted by atomic mass is 10.1. The van der Waals surface area contributed by atoms with E-state index < -0.39 is 21.6 Å². The van der Waals surface area contributed by atoms with Gasteiger partial charge in [0, 0.05) is 49.2 Å². The Morgan fingerprint density at radius 2 is 2.06 bits per heavy atom. The predicted molar refractivity (Wildman–Crippen MR) is 112 cm³/mol. The molecule has 166 valence electrons. The molecule has 0 amide bonds. The number of benzene rings is 1. The van der Waals surface area contributed by atoms with Crippen molar-refractivity contribution in [1.82, 2.24) is 19.9 Å². The van der Waals surface area contributed by atoms with E-state index in [0.717, 1.165) is 31.8 Å². The molecule has 3 aromatic rings. The third-order valence-electron chi connectivity index (χ3n) is 5.34. The molecule has 1 saturated heterocycles. The summed E-state index contributed by atoms with van der Waals surface area (Å²) < 4.78 is 67.3. The number of fused-ring (bicyclic) bond motifs is 1. The molecule has 1 aliphatic heterocycles. The maximum atomic E-state index is 13.8. The van der Waals surface area contributed by atoms with Crippen molar-refractivity contribution >= 4 is 26.7 Å². The van der Waals surface area contributed by atoms with Crippen molar-refractivity contribution in [2.75, 3.05) is 24.7 Å². The first kappa shape index (κ1) is 21.6. The molecule has 0 saturated carbocycles. The lowest BCUT2D eigenvalue weighted by molar-refractivity contribution is -0.137. The van der Waals surface area contributed by atoms with Gasteiger partial charge in [-0.25, -0.2) is 18.4 Å². The molecule has 0 unspecified atom stereocenters. The third-order valence-corrected chi connectivity index (χ3v) is 6.47. The van der Waals surface area contributed by atoms with Gasteiger partial charge in [0.05, 0.1) is 16.1 Å². The first-order chi connectivity index (χ1) is 14.6. The van der Waals surface area contributed by atoms with Gasteiger partial charge >= 0.3 is 6.18 Å². The fourth-order valence-corrected chi connectivity index (χ4v) is 4.87. The minimum absolute atomic E-state index is 0.0164. The highest BCUT2D eigenvalue weighted by Crippen LogP contribution is 2.40. The Morgan fingerprint density at radius 1 is 1.29 bits per heavy atom. The highest BCUT2D eigenvalue weighted by molar-refractivity contribution is 7.91. The molecule has 0 bridgehead atoms. The van der Waals surface area contributed by atoms with Crippen molar-refractivity contribution in [3.05, 3.63) is 36.2 Å². The molecular formula is C20H22F3N5O2S. The predicted octanol–water partition coefficient (Wildman–Crippen LogP) is 3.22. The summed E-state index contributed by atoms with van der Waals surface area (Å²) in [7, 11) is -1.98. The Morgan fingerprint density at radius 3 is 2.71 bits per heavy atom. The molecule has 31 heavy (non-hydrogen) atoms. The summed E-state index contributed by atoms with van der Waals surface area (Å²) >= 11 is 0. The van der Waals surface area contributed by atoms with Crippen LogP contribution in [-0.2, 0) is 23.1 Å². The summed E-state index contributed by atoms with van der Waals surface area (Å²) in [6, 6.07) is 4.57. The van der Waals surface area contributed by atoms with Crippen LogP contribution < -0.4 is 10.6 Å². The number of rotatable bonds is 4. The number of alkyl halides is 3. The zero-order chi connectivity index (χ0) is 22.4. The van der Waals surface area contributed by atoms with Gasteiger partial charge in [0.15, 0.2) is 9.84 Å². The Bertz CT molecular complexity index is 1230. The van der Waals surface area contributed by atoms with E-state index in [2.05, 4.69) is 20.6 Å². The first-order valence-corrected chi connectivity index (χ1v) is 11.6. The highest BCUT2D eigenvalue weighted by atomic mass is 32.2. The number of para-hydroxylation sites is 1. The molecule has 2 aromatic heterocycles. The molecule has 7 nitrogen and oxygen atoms in total. The molecule has 0 spiro atoms. The molecule has 1 fully saturated rings. The van der Waals surface area contributed by atoms with Gasteiger partial charge in [-0.1, -0.05) is 12.1 Å². The lowest BCUT2D eigenvalue weighted by Crippen LogP contribution is -2.38. The zero-order valence-corrected chi connectivity index (χ0v) is 17.8. The number of aryl methyl sites for hydroxylation is 1. The van der Waals surface area contributed by atoms with Gasteiger partial charge < -0.3 is 15.2 Å². The molecule has 2 N–H and O–H groups in total. The number of anilines is 1. The van der Waals surface area contributed by atoms with Crippen LogP contribution in [-0.4, -0.2) is 48.3 Å². The number of aromatic nitrogens is 3. The maximum Gasteiger partial charge on any atom is 0.419 e. The summed E-state index contributed by atoms with van der Waals surface area (Å²) in [5, 5.41) is 6.71. The van der Waals surface area contributed by atoms with Crippen LogP contribution in [0.25, 0.3) is 22.2 Å². The first-order valence-electron chi connectivity index (χ1n) is 9.75. The SMILES string of the molecule is Cn1cc(-c2nc(N[C@H]3CCCNC3)ncc2C(F)(F)F)c2cccc(S(C)(=O)=O)c21. The van der Waals surface area contributed by atoms with E-state index in [1.54, 1.807) is 13.1 Å². The number of nitrogens with zero attached hydrogens (tertiary/aromatic N) is 3. The molecule has 1 aromatic carbocycles. The smallest absolute Gasteiger partial charge is 0.350 e. The molecule has 0 aliphatic carbocycles. The van der Waals surface area contributed by atoms with Crippen LogP contribution in [0.2, 0.25) is 0 Å². The topological polar surface area (TPSA) is 88.9 Å². The fraction of sp³-hybridized carbons (Fsp3) is 0.400. The quantitative estimate of drug-likeness (QED) is 0.631. The van der Waals surface area contributed by atoms with Crippen molar-refractivity contribution < 1.29 is 21.6 Å². The summed E-state index contributed by atoms with van der Waals surface area (Å²) in [5.74, 6) is 0.105. The molecule has 1 aliphatic rings. The van der Waals surface area contributed by atoms with E-state index in [4.69, 9.17) is 0 Å². The summed E-state index contributed by atoms with van der Waals surface area (Å²) in [6.45, 7) is 1.57. The minimum atomic E-state index is -4.67. The number of nitrogens with one attached hydrogen (secondary N) is 2. The van der Waals surface area contributed by atoms with Gasteiger partial charge in [-0.2, -0.15) is 13.2 Å². The van der Waals surface area contributed by atoms with Crippen molar-refractivity contribution in [3.63, 3.8) is 0 Å². The van der Waals surface area contributed by atoms with Crippen molar-refractivity contribution in [2.45, 2.75) is 30.0 Å². The van der Waals surface area contributed by atoms with E-state index in [1.165, 1.54) is 22.9 Å². The average molecular weight is 453 g/mol. The lowest BCUT2D eigenvalue weighted by Gasteiger charge is -2.24. The fourth-order valence-electron chi connectivity index (χ4n) is 3.94. The summed E-state index contributed by atoms with van der Waals surface area (Å²) in [5.41, 5.74) is -0.734.